The van der Waals surface area contributed by atoms with Gasteiger partial charge in [-0.2, -0.15) is 5.10 Å². The molecule has 0 bridgehead atoms. The van der Waals surface area contributed by atoms with Crippen LogP contribution in [0.15, 0.2) is 30.3 Å². The lowest BCUT2D eigenvalue weighted by atomic mass is 10.1. The van der Waals surface area contributed by atoms with Crippen LogP contribution in [0.1, 0.15) is 40.7 Å². The van der Waals surface area contributed by atoms with Crippen molar-refractivity contribution in [2.75, 3.05) is 26.3 Å². The van der Waals surface area contributed by atoms with Gasteiger partial charge in [0, 0.05) is 18.8 Å². The third-order valence-corrected chi connectivity index (χ3v) is 4.45. The van der Waals surface area contributed by atoms with Gasteiger partial charge in [-0.05, 0) is 18.9 Å². The number of aryl methyl sites for hydroxylation is 1. The van der Waals surface area contributed by atoms with E-state index in [1.54, 1.807) is 0 Å². The fraction of sp³-hybridized carbons (Fsp3) is 0.474. The number of rotatable bonds is 5. The number of hydrogen-bond acceptors (Lipinski definition) is 3. The van der Waals surface area contributed by atoms with Crippen LogP contribution in [0.5, 0.6) is 0 Å². The smallest absolute Gasteiger partial charge is 0.257 e. The molecule has 1 aromatic carbocycles. The van der Waals surface area contributed by atoms with Gasteiger partial charge >= 0.3 is 0 Å². The van der Waals surface area contributed by atoms with Crippen molar-refractivity contribution in [3.8, 4) is 0 Å². The lowest BCUT2D eigenvalue weighted by Gasteiger charge is -2.27. The van der Waals surface area contributed by atoms with Crippen molar-refractivity contribution in [2.24, 2.45) is 0 Å². The molecule has 0 aliphatic carbocycles. The molecule has 1 aliphatic rings. The zero-order chi connectivity index (χ0) is 16.9. The van der Waals surface area contributed by atoms with Crippen LogP contribution in [-0.2, 0) is 17.7 Å². The molecular weight excluding hydrogens is 302 g/mol. The Balaban J connectivity index is 1.90. The summed E-state index contributed by atoms with van der Waals surface area (Å²) < 4.78 is 7.33. The normalized spacial score (nSPS) is 14.8. The summed E-state index contributed by atoms with van der Waals surface area (Å²) in [6.07, 6.45) is 1.80. The van der Waals surface area contributed by atoms with Gasteiger partial charge in [-0.25, -0.2) is 0 Å². The molecule has 1 saturated heterocycles. The molecule has 128 valence electrons. The van der Waals surface area contributed by atoms with Crippen molar-refractivity contribution in [1.29, 1.82) is 0 Å². The summed E-state index contributed by atoms with van der Waals surface area (Å²) in [5, 5.41) is 4.75. The summed E-state index contributed by atoms with van der Waals surface area (Å²) in [6.45, 7) is 7.37. The number of hydrogen-bond donors (Lipinski definition) is 0. The van der Waals surface area contributed by atoms with Gasteiger partial charge < -0.3 is 9.64 Å². The number of benzene rings is 1. The second kappa shape index (κ2) is 7.62. The van der Waals surface area contributed by atoms with Crippen LogP contribution in [0.3, 0.4) is 0 Å². The zero-order valence-corrected chi connectivity index (χ0v) is 14.5. The fourth-order valence-electron chi connectivity index (χ4n) is 3.13. The molecule has 0 N–H and O–H groups in total. The van der Waals surface area contributed by atoms with Crippen molar-refractivity contribution in [3.63, 3.8) is 0 Å². The number of nitrogens with zero attached hydrogens (tertiary/aromatic N) is 3. The molecule has 24 heavy (non-hydrogen) atoms. The van der Waals surface area contributed by atoms with E-state index >= 15 is 0 Å². The standard InChI is InChI=1S/C19H25N3O2/c1-3-7-17-18(19(23)21-10-12-24-13-11-21)15(2)22(20-17)14-16-8-5-4-6-9-16/h4-6,8-9H,3,7,10-14H2,1-2H3. The molecule has 1 amide bonds. The van der Waals surface area contributed by atoms with Crippen LogP contribution in [0.25, 0.3) is 0 Å². The van der Waals surface area contributed by atoms with Crippen LogP contribution in [-0.4, -0.2) is 46.9 Å². The molecule has 2 aromatic rings. The number of ether oxygens (including phenoxy) is 1. The summed E-state index contributed by atoms with van der Waals surface area (Å²) in [4.78, 5) is 14.9. The van der Waals surface area contributed by atoms with Gasteiger partial charge in [0.25, 0.3) is 5.91 Å². The number of amides is 1. The first-order valence-electron chi connectivity index (χ1n) is 8.68. The van der Waals surface area contributed by atoms with E-state index in [9.17, 15) is 4.79 Å². The highest BCUT2D eigenvalue weighted by molar-refractivity contribution is 5.96. The van der Waals surface area contributed by atoms with E-state index < -0.39 is 0 Å². The monoisotopic (exact) mass is 327 g/mol. The second-order valence-electron chi connectivity index (χ2n) is 6.20. The van der Waals surface area contributed by atoms with Gasteiger partial charge in [0.2, 0.25) is 0 Å². The van der Waals surface area contributed by atoms with E-state index in [1.165, 1.54) is 5.56 Å². The Morgan fingerprint density at radius 3 is 2.58 bits per heavy atom. The van der Waals surface area contributed by atoms with Crippen molar-refractivity contribution in [2.45, 2.75) is 33.2 Å². The molecular formula is C19H25N3O2. The zero-order valence-electron chi connectivity index (χ0n) is 14.5. The molecule has 1 fully saturated rings. The second-order valence-corrected chi connectivity index (χ2v) is 6.20. The third kappa shape index (κ3) is 3.51. The molecule has 5 heteroatoms. The van der Waals surface area contributed by atoms with Crippen LogP contribution in [0.4, 0.5) is 0 Å². The first kappa shape index (κ1) is 16.7. The van der Waals surface area contributed by atoms with Crippen LogP contribution in [0, 0.1) is 6.92 Å². The predicted octanol–water partition coefficient (Wildman–Crippen LogP) is 2.66. The lowest BCUT2D eigenvalue weighted by Crippen LogP contribution is -2.41. The summed E-state index contributed by atoms with van der Waals surface area (Å²) >= 11 is 0. The SMILES string of the molecule is CCCc1nn(Cc2ccccc2)c(C)c1C(=O)N1CCOCC1. The minimum Gasteiger partial charge on any atom is -0.378 e. The number of morpholine rings is 1. The van der Waals surface area contributed by atoms with E-state index in [1.807, 2.05) is 34.7 Å². The first-order valence-corrected chi connectivity index (χ1v) is 8.68. The summed E-state index contributed by atoms with van der Waals surface area (Å²) in [7, 11) is 0. The topological polar surface area (TPSA) is 47.4 Å². The summed E-state index contributed by atoms with van der Waals surface area (Å²) in [5.74, 6) is 0.0959. The van der Waals surface area contributed by atoms with Crippen LogP contribution in [0.2, 0.25) is 0 Å². The van der Waals surface area contributed by atoms with E-state index in [2.05, 4.69) is 19.1 Å². The fourth-order valence-corrected chi connectivity index (χ4v) is 3.13. The lowest BCUT2D eigenvalue weighted by molar-refractivity contribution is 0.0301. The molecule has 0 radical (unpaired) electrons. The molecule has 0 saturated carbocycles. The predicted molar refractivity (Wildman–Crippen MR) is 93.2 cm³/mol. The van der Waals surface area contributed by atoms with E-state index in [-0.39, 0.29) is 5.91 Å². The van der Waals surface area contributed by atoms with Crippen molar-refractivity contribution >= 4 is 5.91 Å². The van der Waals surface area contributed by atoms with Crippen molar-refractivity contribution in [3.05, 3.63) is 52.8 Å². The molecule has 0 atom stereocenters. The number of carbonyl (C=O) groups excluding carboxylic acids is 1. The molecule has 2 heterocycles. The molecule has 0 unspecified atom stereocenters. The summed E-state index contributed by atoms with van der Waals surface area (Å²) in [5.41, 5.74) is 3.85. The number of aromatic nitrogens is 2. The molecule has 0 spiro atoms. The van der Waals surface area contributed by atoms with Gasteiger partial charge in [0.15, 0.2) is 0 Å². The Morgan fingerprint density at radius 1 is 1.21 bits per heavy atom. The first-order chi connectivity index (χ1) is 11.7. The Bertz CT molecular complexity index is 688. The maximum Gasteiger partial charge on any atom is 0.257 e. The van der Waals surface area contributed by atoms with E-state index in [0.29, 0.717) is 32.8 Å². The minimum atomic E-state index is 0.0959. The Morgan fingerprint density at radius 2 is 1.92 bits per heavy atom. The highest BCUT2D eigenvalue weighted by Crippen LogP contribution is 2.20. The van der Waals surface area contributed by atoms with Gasteiger partial charge in [-0.1, -0.05) is 43.7 Å². The van der Waals surface area contributed by atoms with Gasteiger partial charge in [0.1, 0.15) is 0 Å². The van der Waals surface area contributed by atoms with Gasteiger partial charge in [-0.15, -0.1) is 0 Å². The maximum atomic E-state index is 13.0. The summed E-state index contributed by atoms with van der Waals surface area (Å²) in [6, 6.07) is 10.2. The van der Waals surface area contributed by atoms with Crippen molar-refractivity contribution in [1.82, 2.24) is 14.7 Å². The van der Waals surface area contributed by atoms with E-state index in [0.717, 1.165) is 29.8 Å². The number of carbonyl (C=O) groups is 1. The van der Waals surface area contributed by atoms with Gasteiger partial charge in [0.05, 0.1) is 31.0 Å². The Kier molecular flexibility index (Phi) is 5.30. The average Bonchev–Trinajstić information content (AvgIpc) is 2.92. The third-order valence-electron chi connectivity index (χ3n) is 4.45. The quantitative estimate of drug-likeness (QED) is 0.848. The maximum absolute atomic E-state index is 13.0. The van der Waals surface area contributed by atoms with Crippen LogP contribution < -0.4 is 0 Å². The molecule has 1 aromatic heterocycles. The Hall–Kier alpha value is -2.14. The highest BCUT2D eigenvalue weighted by Gasteiger charge is 2.26. The largest absolute Gasteiger partial charge is 0.378 e. The average molecular weight is 327 g/mol. The van der Waals surface area contributed by atoms with E-state index in [4.69, 9.17) is 9.84 Å². The van der Waals surface area contributed by atoms with Gasteiger partial charge in [-0.3, -0.25) is 9.48 Å². The Labute approximate surface area is 143 Å². The van der Waals surface area contributed by atoms with Crippen molar-refractivity contribution < 1.29 is 9.53 Å². The van der Waals surface area contributed by atoms with Crippen LogP contribution >= 0.6 is 0 Å². The molecule has 5 nitrogen and oxygen atoms in total. The minimum absolute atomic E-state index is 0.0959. The highest BCUT2D eigenvalue weighted by atomic mass is 16.5. The molecule has 1 aliphatic heterocycles. The molecule has 3 rings (SSSR count).